The van der Waals surface area contributed by atoms with Gasteiger partial charge in [0.25, 0.3) is 0 Å². The number of nitrogens with one attached hydrogen (secondary N) is 2. The van der Waals surface area contributed by atoms with Gasteiger partial charge in [0.1, 0.15) is 5.82 Å². The maximum Gasteiger partial charge on any atom is 0.227 e. The Morgan fingerprint density at radius 3 is 2.69 bits per heavy atom. The van der Waals surface area contributed by atoms with Crippen LogP contribution in [0.1, 0.15) is 12.0 Å². The molecule has 1 saturated heterocycles. The van der Waals surface area contributed by atoms with Crippen molar-refractivity contribution in [2.24, 2.45) is 0 Å². The molecular formula is C19H27ClN4O5. The van der Waals surface area contributed by atoms with E-state index in [1.54, 1.807) is 38.3 Å². The van der Waals surface area contributed by atoms with E-state index >= 15 is 0 Å². The molecule has 1 unspecified atom stereocenters. The molecule has 2 N–H and O–H groups in total. The number of carbonyl (C=O) groups is 1. The fraction of sp³-hybridized carbons (Fsp3) is 0.474. The number of hydrogen-bond acceptors (Lipinski definition) is 7. The molecule has 3 rings (SSSR count). The number of benzene rings is 1. The monoisotopic (exact) mass is 426 g/mol. The van der Waals surface area contributed by atoms with Crippen molar-refractivity contribution in [3.63, 3.8) is 0 Å². The molecule has 2 aromatic rings. The first-order valence-electron chi connectivity index (χ1n) is 9.07. The molecule has 1 aromatic heterocycles. The molecule has 2 heterocycles. The molecule has 0 radical (unpaired) electrons. The van der Waals surface area contributed by atoms with E-state index in [1.807, 2.05) is 12.1 Å². The first-order chi connectivity index (χ1) is 13.7. The van der Waals surface area contributed by atoms with Crippen LogP contribution in [0.4, 0.5) is 5.82 Å². The Labute approximate surface area is 176 Å². The zero-order chi connectivity index (χ0) is 19.9. The summed E-state index contributed by atoms with van der Waals surface area (Å²) >= 11 is 0. The van der Waals surface area contributed by atoms with E-state index in [2.05, 4.69) is 15.7 Å². The minimum absolute atomic E-state index is 0. The van der Waals surface area contributed by atoms with E-state index in [4.69, 9.17) is 18.9 Å². The molecule has 1 aliphatic rings. The summed E-state index contributed by atoms with van der Waals surface area (Å²) in [5.41, 5.74) is 0.849. The highest BCUT2D eigenvalue weighted by atomic mass is 35.5. The standard InChI is InChI=1S/C19H26N4O5.ClH/c1-25-15-5-4-13(18(26-2)19(15)27-3)11-23-16(6-7-21-23)22-17(24)10-14-12-28-9-8-20-14;/h4-7,14,20H,8-12H2,1-3H3,(H,22,24);1H. The maximum atomic E-state index is 12.4. The number of rotatable bonds is 8. The first kappa shape index (κ1) is 22.8. The quantitative estimate of drug-likeness (QED) is 0.663. The second-order valence-corrected chi connectivity index (χ2v) is 6.35. The lowest BCUT2D eigenvalue weighted by Gasteiger charge is -2.23. The van der Waals surface area contributed by atoms with Gasteiger partial charge < -0.3 is 29.6 Å². The van der Waals surface area contributed by atoms with Crippen LogP contribution in [0.25, 0.3) is 0 Å². The molecule has 0 spiro atoms. The average molecular weight is 427 g/mol. The first-order valence-corrected chi connectivity index (χ1v) is 9.07. The number of anilines is 1. The van der Waals surface area contributed by atoms with Crippen molar-refractivity contribution in [2.75, 3.05) is 46.4 Å². The normalized spacial score (nSPS) is 15.9. The summed E-state index contributed by atoms with van der Waals surface area (Å²) in [7, 11) is 4.71. The van der Waals surface area contributed by atoms with Gasteiger partial charge >= 0.3 is 0 Å². The predicted octanol–water partition coefficient (Wildman–Crippen LogP) is 1.70. The smallest absolute Gasteiger partial charge is 0.227 e. The Morgan fingerprint density at radius 2 is 2.03 bits per heavy atom. The highest BCUT2D eigenvalue weighted by Crippen LogP contribution is 2.40. The largest absolute Gasteiger partial charge is 0.493 e. The van der Waals surface area contributed by atoms with Gasteiger partial charge in [-0.3, -0.25) is 4.79 Å². The Hall–Kier alpha value is -2.49. The van der Waals surface area contributed by atoms with Gasteiger partial charge in [-0.25, -0.2) is 4.68 Å². The Bertz CT molecular complexity index is 808. The number of methoxy groups -OCH3 is 3. The van der Waals surface area contributed by atoms with Crippen molar-refractivity contribution in [3.8, 4) is 17.2 Å². The highest BCUT2D eigenvalue weighted by Gasteiger charge is 2.19. The van der Waals surface area contributed by atoms with Gasteiger partial charge in [-0.05, 0) is 12.1 Å². The summed E-state index contributed by atoms with van der Waals surface area (Å²) < 4.78 is 23.4. The van der Waals surface area contributed by atoms with Crippen molar-refractivity contribution >= 4 is 24.1 Å². The molecule has 0 aliphatic carbocycles. The Balaban J connectivity index is 0.00000300. The summed E-state index contributed by atoms with van der Waals surface area (Å²) in [5, 5.41) is 10.5. The van der Waals surface area contributed by atoms with Crippen molar-refractivity contribution < 1.29 is 23.7 Å². The number of hydrogen-bond donors (Lipinski definition) is 2. The number of morpholine rings is 1. The lowest BCUT2D eigenvalue weighted by Crippen LogP contribution is -2.43. The van der Waals surface area contributed by atoms with Gasteiger partial charge in [-0.1, -0.05) is 0 Å². The van der Waals surface area contributed by atoms with Crippen LogP contribution < -0.4 is 24.8 Å². The second-order valence-electron chi connectivity index (χ2n) is 6.35. The minimum Gasteiger partial charge on any atom is -0.493 e. The van der Waals surface area contributed by atoms with E-state index in [9.17, 15) is 4.79 Å². The fourth-order valence-corrected chi connectivity index (χ4v) is 3.18. The third-order valence-electron chi connectivity index (χ3n) is 4.52. The SMILES string of the molecule is COc1ccc(Cn2nccc2NC(=O)CC2COCCN2)c(OC)c1OC.Cl. The number of ether oxygens (including phenoxy) is 4. The van der Waals surface area contributed by atoms with Crippen molar-refractivity contribution in [1.82, 2.24) is 15.1 Å². The maximum absolute atomic E-state index is 12.4. The molecule has 160 valence electrons. The highest BCUT2D eigenvalue weighted by molar-refractivity contribution is 5.90. The van der Waals surface area contributed by atoms with Crippen LogP contribution in [0, 0.1) is 0 Å². The number of halogens is 1. The van der Waals surface area contributed by atoms with Gasteiger partial charge in [0, 0.05) is 30.6 Å². The topological polar surface area (TPSA) is 95.9 Å². The molecule has 1 aliphatic heterocycles. The predicted molar refractivity (Wildman–Crippen MR) is 111 cm³/mol. The molecule has 1 aromatic carbocycles. The molecule has 1 atom stereocenters. The molecule has 9 nitrogen and oxygen atoms in total. The van der Waals surface area contributed by atoms with Crippen LogP contribution >= 0.6 is 12.4 Å². The number of carbonyl (C=O) groups excluding carboxylic acids is 1. The van der Waals surface area contributed by atoms with E-state index in [0.717, 1.165) is 12.1 Å². The molecule has 1 fully saturated rings. The Morgan fingerprint density at radius 1 is 1.24 bits per heavy atom. The summed E-state index contributed by atoms with van der Waals surface area (Å²) in [4.78, 5) is 12.4. The fourth-order valence-electron chi connectivity index (χ4n) is 3.18. The van der Waals surface area contributed by atoms with Gasteiger partial charge in [0.15, 0.2) is 11.5 Å². The average Bonchev–Trinajstić information content (AvgIpc) is 3.14. The number of nitrogens with zero attached hydrogens (tertiary/aromatic N) is 2. The summed E-state index contributed by atoms with van der Waals surface area (Å²) in [6.07, 6.45) is 1.98. The van der Waals surface area contributed by atoms with Crippen molar-refractivity contribution in [2.45, 2.75) is 19.0 Å². The van der Waals surface area contributed by atoms with Gasteiger partial charge in [0.2, 0.25) is 11.7 Å². The Kier molecular flexibility index (Phi) is 8.56. The number of aromatic nitrogens is 2. The summed E-state index contributed by atoms with van der Waals surface area (Å²) in [6, 6.07) is 5.48. The third kappa shape index (κ3) is 5.53. The number of amides is 1. The zero-order valence-electron chi connectivity index (χ0n) is 16.8. The van der Waals surface area contributed by atoms with Crippen LogP contribution in [-0.2, 0) is 16.1 Å². The van der Waals surface area contributed by atoms with Gasteiger partial charge in [-0.15, -0.1) is 12.4 Å². The van der Waals surface area contributed by atoms with Crippen LogP contribution in [-0.4, -0.2) is 62.8 Å². The van der Waals surface area contributed by atoms with Crippen molar-refractivity contribution in [3.05, 3.63) is 30.0 Å². The van der Waals surface area contributed by atoms with Crippen molar-refractivity contribution in [1.29, 1.82) is 0 Å². The zero-order valence-corrected chi connectivity index (χ0v) is 17.6. The van der Waals surface area contributed by atoms with E-state index in [1.165, 1.54) is 0 Å². The van der Waals surface area contributed by atoms with Crippen LogP contribution in [0.3, 0.4) is 0 Å². The van der Waals surface area contributed by atoms with E-state index in [-0.39, 0.29) is 24.4 Å². The summed E-state index contributed by atoms with van der Waals surface area (Å²) in [6.45, 7) is 2.37. The molecule has 29 heavy (non-hydrogen) atoms. The molecule has 10 heteroatoms. The summed E-state index contributed by atoms with van der Waals surface area (Å²) in [5.74, 6) is 2.18. The van der Waals surface area contributed by atoms with Gasteiger partial charge in [-0.2, -0.15) is 5.10 Å². The second kappa shape index (κ2) is 10.9. The van der Waals surface area contributed by atoms with Crippen LogP contribution in [0.5, 0.6) is 17.2 Å². The lowest BCUT2D eigenvalue weighted by molar-refractivity contribution is -0.117. The lowest BCUT2D eigenvalue weighted by atomic mass is 10.1. The van der Waals surface area contributed by atoms with Crippen LogP contribution in [0.15, 0.2) is 24.4 Å². The molecule has 1 amide bonds. The molecule has 0 saturated carbocycles. The van der Waals surface area contributed by atoms with E-state index < -0.39 is 0 Å². The minimum atomic E-state index is -0.0935. The molecule has 0 bridgehead atoms. The third-order valence-corrected chi connectivity index (χ3v) is 4.52. The van der Waals surface area contributed by atoms with E-state index in [0.29, 0.717) is 49.2 Å². The van der Waals surface area contributed by atoms with Crippen LogP contribution in [0.2, 0.25) is 0 Å². The van der Waals surface area contributed by atoms with Gasteiger partial charge in [0.05, 0.1) is 47.3 Å². The molecular weight excluding hydrogens is 400 g/mol.